The fourth-order valence-corrected chi connectivity index (χ4v) is 3.50. The van der Waals surface area contributed by atoms with Crippen molar-refractivity contribution in [3.63, 3.8) is 0 Å². The highest BCUT2D eigenvalue weighted by atomic mass is 16.5. The van der Waals surface area contributed by atoms with Gasteiger partial charge in [0.25, 0.3) is 0 Å². The van der Waals surface area contributed by atoms with Crippen molar-refractivity contribution in [2.75, 3.05) is 32.8 Å². The van der Waals surface area contributed by atoms with E-state index in [-0.39, 0.29) is 0 Å². The minimum absolute atomic E-state index is 0.832. The van der Waals surface area contributed by atoms with Crippen LogP contribution in [-0.4, -0.2) is 54.7 Å². The summed E-state index contributed by atoms with van der Waals surface area (Å²) in [5, 5.41) is 0. The van der Waals surface area contributed by atoms with Crippen LogP contribution in [0.1, 0.15) is 44.9 Å². The molecule has 0 aromatic heterocycles. The van der Waals surface area contributed by atoms with Gasteiger partial charge in [-0.1, -0.05) is 6.08 Å². The Hall–Kier alpha value is -0.540. The second-order valence-corrected chi connectivity index (χ2v) is 6.25. The molecule has 3 heterocycles. The van der Waals surface area contributed by atoms with Gasteiger partial charge in [0.15, 0.2) is 0 Å². The van der Waals surface area contributed by atoms with Gasteiger partial charge in [0.2, 0.25) is 0 Å². The third-order valence-electron chi connectivity index (χ3n) is 4.79. The van der Waals surface area contributed by atoms with Gasteiger partial charge >= 0.3 is 0 Å². The molecule has 3 rings (SSSR count). The monoisotopic (exact) mass is 264 g/mol. The van der Waals surface area contributed by atoms with Gasteiger partial charge in [-0.05, 0) is 57.7 Å². The minimum Gasteiger partial charge on any atom is -0.381 e. The molecule has 3 aliphatic rings. The van der Waals surface area contributed by atoms with Gasteiger partial charge in [0.1, 0.15) is 0 Å². The van der Waals surface area contributed by atoms with Crippen LogP contribution in [0.15, 0.2) is 12.3 Å². The third kappa shape index (κ3) is 3.96. The molecule has 2 saturated heterocycles. The Morgan fingerprint density at radius 2 is 1.79 bits per heavy atom. The highest BCUT2D eigenvalue weighted by molar-refractivity contribution is 4.99. The van der Waals surface area contributed by atoms with Gasteiger partial charge in [0.05, 0.1) is 0 Å². The Balaban J connectivity index is 1.51. The second kappa shape index (κ2) is 6.76. The van der Waals surface area contributed by atoms with Crippen molar-refractivity contribution in [2.24, 2.45) is 0 Å². The molecular formula is C16H28N2O. The molecular weight excluding hydrogens is 236 g/mol. The van der Waals surface area contributed by atoms with E-state index in [0.29, 0.717) is 0 Å². The number of rotatable bonds is 0. The van der Waals surface area contributed by atoms with E-state index in [1.54, 1.807) is 0 Å². The highest BCUT2D eigenvalue weighted by Gasteiger charge is 2.32. The van der Waals surface area contributed by atoms with E-state index < -0.39 is 0 Å². The maximum absolute atomic E-state index is 5.73. The van der Waals surface area contributed by atoms with Gasteiger partial charge < -0.3 is 14.5 Å². The molecule has 2 atom stereocenters. The molecule has 19 heavy (non-hydrogen) atoms. The molecule has 0 aromatic rings. The van der Waals surface area contributed by atoms with Crippen LogP contribution in [0.25, 0.3) is 0 Å². The fraction of sp³-hybridized carbons (Fsp3) is 0.875. The summed E-state index contributed by atoms with van der Waals surface area (Å²) in [5.74, 6) is 0. The second-order valence-electron chi connectivity index (χ2n) is 6.25. The van der Waals surface area contributed by atoms with Crippen LogP contribution < -0.4 is 0 Å². The summed E-state index contributed by atoms with van der Waals surface area (Å²) in [5.41, 5.74) is 0. The molecule has 0 N–H and O–H groups in total. The number of fused-ring (bicyclic) bond motifs is 2. The highest BCUT2D eigenvalue weighted by Crippen LogP contribution is 2.26. The van der Waals surface area contributed by atoms with Gasteiger partial charge in [0, 0.05) is 38.4 Å². The lowest BCUT2D eigenvalue weighted by Crippen LogP contribution is -2.31. The number of allylic oxidation sites excluding steroid dienone is 1. The summed E-state index contributed by atoms with van der Waals surface area (Å²) < 4.78 is 5.73. The zero-order chi connectivity index (χ0) is 12.9. The van der Waals surface area contributed by atoms with Crippen molar-refractivity contribution in [1.29, 1.82) is 0 Å². The molecule has 0 aliphatic carbocycles. The first-order valence-corrected chi connectivity index (χ1v) is 8.18. The van der Waals surface area contributed by atoms with Crippen LogP contribution in [0.3, 0.4) is 0 Å². The number of hydrogen-bond acceptors (Lipinski definition) is 3. The van der Waals surface area contributed by atoms with E-state index in [1.807, 2.05) is 0 Å². The average molecular weight is 264 g/mol. The Bertz CT molecular complexity index is 305. The first kappa shape index (κ1) is 13.4. The lowest BCUT2D eigenvalue weighted by molar-refractivity contribution is 0.120. The van der Waals surface area contributed by atoms with Crippen molar-refractivity contribution < 1.29 is 4.74 Å². The van der Waals surface area contributed by atoms with Crippen LogP contribution in [0.5, 0.6) is 0 Å². The largest absolute Gasteiger partial charge is 0.381 e. The standard InChI is InChI=1S/C16H28N2O/c1-2-9-18-14-16(18)8-11-17-10-4-6-15(17)7-5-13-19-12-3-1/h2,9,15-16H,1,3-8,10-14H2/b9-2+. The third-order valence-corrected chi connectivity index (χ3v) is 4.79. The van der Waals surface area contributed by atoms with Crippen molar-refractivity contribution >= 4 is 0 Å². The maximum Gasteiger partial charge on any atom is 0.0472 e. The predicted molar refractivity (Wildman–Crippen MR) is 78.1 cm³/mol. The van der Waals surface area contributed by atoms with Crippen LogP contribution >= 0.6 is 0 Å². The van der Waals surface area contributed by atoms with Crippen molar-refractivity contribution in [1.82, 2.24) is 9.80 Å². The van der Waals surface area contributed by atoms with Crippen molar-refractivity contribution in [3.8, 4) is 0 Å². The SMILES string of the molecule is C1=C/N2CC2CCN2CCCC2CCCOCCC/1. The zero-order valence-electron chi connectivity index (χ0n) is 12.1. The van der Waals surface area contributed by atoms with Crippen molar-refractivity contribution in [3.05, 3.63) is 12.3 Å². The Morgan fingerprint density at radius 3 is 2.79 bits per heavy atom. The topological polar surface area (TPSA) is 15.5 Å². The molecule has 0 aromatic carbocycles. The summed E-state index contributed by atoms with van der Waals surface area (Å²) in [4.78, 5) is 5.23. The summed E-state index contributed by atoms with van der Waals surface area (Å²) in [6.45, 7) is 5.81. The maximum atomic E-state index is 5.73. The first-order chi connectivity index (χ1) is 9.43. The summed E-state index contributed by atoms with van der Waals surface area (Å²) in [6.07, 6.45) is 13.7. The van der Waals surface area contributed by atoms with E-state index in [9.17, 15) is 0 Å². The molecule has 0 radical (unpaired) electrons. The van der Waals surface area contributed by atoms with E-state index in [2.05, 4.69) is 22.1 Å². The van der Waals surface area contributed by atoms with Crippen LogP contribution in [0.4, 0.5) is 0 Å². The Morgan fingerprint density at radius 1 is 0.895 bits per heavy atom. The van der Waals surface area contributed by atoms with Gasteiger partial charge in [-0.15, -0.1) is 0 Å². The van der Waals surface area contributed by atoms with E-state index in [4.69, 9.17) is 4.74 Å². The Kier molecular flexibility index (Phi) is 4.78. The lowest BCUT2D eigenvalue weighted by atomic mass is 10.1. The molecule has 3 heteroatoms. The van der Waals surface area contributed by atoms with Crippen LogP contribution in [0.2, 0.25) is 0 Å². The smallest absolute Gasteiger partial charge is 0.0472 e. The van der Waals surface area contributed by atoms with E-state index in [0.717, 1.165) is 31.7 Å². The van der Waals surface area contributed by atoms with Gasteiger partial charge in [-0.25, -0.2) is 0 Å². The first-order valence-electron chi connectivity index (χ1n) is 8.18. The quantitative estimate of drug-likeness (QED) is 0.625. The lowest BCUT2D eigenvalue weighted by Gasteiger charge is -2.24. The molecule has 108 valence electrons. The summed E-state index contributed by atoms with van der Waals surface area (Å²) in [6, 6.07) is 1.68. The van der Waals surface area contributed by atoms with Crippen LogP contribution in [-0.2, 0) is 4.74 Å². The average Bonchev–Trinajstić information content (AvgIpc) is 3.01. The predicted octanol–water partition coefficient (Wildman–Crippen LogP) is 2.63. The fourth-order valence-electron chi connectivity index (χ4n) is 3.50. The summed E-state index contributed by atoms with van der Waals surface area (Å²) >= 11 is 0. The molecule has 3 aliphatic heterocycles. The molecule has 0 spiro atoms. The van der Waals surface area contributed by atoms with E-state index >= 15 is 0 Å². The van der Waals surface area contributed by atoms with Crippen molar-refractivity contribution in [2.45, 2.75) is 57.0 Å². The van der Waals surface area contributed by atoms with Gasteiger partial charge in [-0.2, -0.15) is 0 Å². The van der Waals surface area contributed by atoms with E-state index in [1.165, 1.54) is 58.2 Å². The normalized spacial score (nSPS) is 35.9. The van der Waals surface area contributed by atoms with Crippen LogP contribution in [0, 0.1) is 0 Å². The molecule has 2 unspecified atom stereocenters. The Labute approximate surface area is 117 Å². The molecule has 2 fully saturated rings. The number of nitrogens with zero attached hydrogens (tertiary/aromatic N) is 2. The molecule has 0 saturated carbocycles. The molecule has 3 nitrogen and oxygen atoms in total. The number of hydrogen-bond donors (Lipinski definition) is 0. The minimum atomic E-state index is 0.832. The van der Waals surface area contributed by atoms with Gasteiger partial charge in [-0.3, -0.25) is 0 Å². The number of ether oxygens (including phenoxy) is 1. The summed E-state index contributed by atoms with van der Waals surface area (Å²) in [7, 11) is 0. The molecule has 0 bridgehead atoms. The molecule has 0 amide bonds. The zero-order valence-corrected chi connectivity index (χ0v) is 12.1.